The highest BCUT2D eigenvalue weighted by molar-refractivity contribution is 6.06. The lowest BCUT2D eigenvalue weighted by Gasteiger charge is -2.08. The Labute approximate surface area is 151 Å². The van der Waals surface area contributed by atoms with Crippen LogP contribution in [0.1, 0.15) is 48.0 Å². The molecule has 26 heavy (non-hydrogen) atoms. The zero-order valence-corrected chi connectivity index (χ0v) is 15.0. The van der Waals surface area contributed by atoms with E-state index in [-0.39, 0.29) is 29.7 Å². The molecule has 6 heteroatoms. The third kappa shape index (κ3) is 5.51. The minimum absolute atomic E-state index is 0.0942. The molecule has 2 aromatic carbocycles. The molecule has 0 spiro atoms. The average Bonchev–Trinajstić information content (AvgIpc) is 3.07. The van der Waals surface area contributed by atoms with Crippen LogP contribution in [0.4, 0.5) is 4.39 Å². The lowest BCUT2D eigenvalue weighted by Crippen LogP contribution is -2.04. The summed E-state index contributed by atoms with van der Waals surface area (Å²) in [4.78, 5) is 12.2. The predicted octanol–water partition coefficient (Wildman–Crippen LogP) is 4.74. The fourth-order valence-electron chi connectivity index (χ4n) is 2.03. The molecule has 0 saturated carbocycles. The molecule has 0 bridgehead atoms. The maximum atomic E-state index is 13.7. The highest BCUT2D eigenvalue weighted by Crippen LogP contribution is 2.20. The zero-order chi connectivity index (χ0) is 18.9. The molecule has 3 rings (SSSR count). The number of hydrogen-bond acceptors (Lipinski definition) is 5. The molecule has 136 valence electrons. The Morgan fingerprint density at radius 1 is 1.12 bits per heavy atom. The van der Waals surface area contributed by atoms with Gasteiger partial charge in [0.15, 0.2) is 0 Å². The molecule has 0 radical (unpaired) electrons. The van der Waals surface area contributed by atoms with Crippen LogP contribution in [-0.4, -0.2) is 16.0 Å². The fourth-order valence-corrected chi connectivity index (χ4v) is 2.03. The van der Waals surface area contributed by atoms with Crippen LogP contribution in [0.3, 0.4) is 0 Å². The molecule has 3 aromatic rings. The molecule has 0 aliphatic carbocycles. The molecular weight excluding hydrogens is 335 g/mol. The van der Waals surface area contributed by atoms with Crippen LogP contribution in [0.15, 0.2) is 52.9 Å². The first-order chi connectivity index (χ1) is 12.5. The van der Waals surface area contributed by atoms with Gasteiger partial charge >= 0.3 is 0 Å². The summed E-state index contributed by atoms with van der Waals surface area (Å²) >= 11 is 0. The Hall–Kier alpha value is -3.02. The lowest BCUT2D eigenvalue weighted by molar-refractivity contribution is 0.100. The highest BCUT2D eigenvalue weighted by Gasteiger charge is 2.18. The van der Waals surface area contributed by atoms with Crippen molar-refractivity contribution in [2.45, 2.75) is 33.8 Å². The van der Waals surface area contributed by atoms with E-state index in [0.717, 1.165) is 11.6 Å². The number of halogens is 1. The van der Waals surface area contributed by atoms with Gasteiger partial charge in [0.1, 0.15) is 18.2 Å². The topological polar surface area (TPSA) is 65.2 Å². The lowest BCUT2D eigenvalue weighted by atomic mass is 10.1. The van der Waals surface area contributed by atoms with E-state index in [1.165, 1.54) is 18.6 Å². The van der Waals surface area contributed by atoms with Gasteiger partial charge in [-0.05, 0) is 17.7 Å². The first kappa shape index (κ1) is 19.3. The summed E-state index contributed by atoms with van der Waals surface area (Å²) in [7, 11) is 0. The fraction of sp³-hybridized carbons (Fsp3) is 0.250. The van der Waals surface area contributed by atoms with Crippen molar-refractivity contribution in [3.63, 3.8) is 0 Å². The standard InChI is InChI=1S/C17H13FN2O3.C3H8/c1-11-19-20-17(23-11)16(21)13-7-14(18)9-15(8-13)22-10-12-5-3-2-4-6-12;1-3-2/h2-9H,10H2,1H3;3H2,1-2H3. The number of carbonyl (C=O) groups excluding carboxylic acids is 1. The van der Waals surface area contributed by atoms with Crippen molar-refractivity contribution >= 4 is 5.78 Å². The number of ketones is 1. The van der Waals surface area contributed by atoms with E-state index in [9.17, 15) is 9.18 Å². The molecule has 0 fully saturated rings. The van der Waals surface area contributed by atoms with Gasteiger partial charge in [0.05, 0.1) is 0 Å². The molecule has 5 nitrogen and oxygen atoms in total. The maximum absolute atomic E-state index is 13.7. The summed E-state index contributed by atoms with van der Waals surface area (Å²) in [5.41, 5.74) is 1.04. The van der Waals surface area contributed by atoms with Gasteiger partial charge in [-0.3, -0.25) is 4.79 Å². The van der Waals surface area contributed by atoms with E-state index in [1.54, 1.807) is 6.92 Å². The third-order valence-electron chi connectivity index (χ3n) is 3.10. The van der Waals surface area contributed by atoms with E-state index >= 15 is 0 Å². The normalized spacial score (nSPS) is 10.0. The van der Waals surface area contributed by atoms with Gasteiger partial charge in [-0.25, -0.2) is 4.39 Å². The summed E-state index contributed by atoms with van der Waals surface area (Å²) in [6.45, 7) is 6.10. The Morgan fingerprint density at radius 3 is 2.42 bits per heavy atom. The van der Waals surface area contributed by atoms with Crippen LogP contribution < -0.4 is 4.74 Å². The molecule has 0 amide bonds. The third-order valence-corrected chi connectivity index (χ3v) is 3.10. The average molecular weight is 356 g/mol. The predicted molar refractivity (Wildman–Crippen MR) is 95.6 cm³/mol. The second-order valence-electron chi connectivity index (χ2n) is 5.61. The number of ether oxygens (including phenoxy) is 1. The van der Waals surface area contributed by atoms with Crippen molar-refractivity contribution in [2.24, 2.45) is 0 Å². The summed E-state index contributed by atoms with van der Waals surface area (Å²) in [5.74, 6) is -0.773. The van der Waals surface area contributed by atoms with Crippen LogP contribution in [-0.2, 0) is 6.61 Å². The van der Waals surface area contributed by atoms with Gasteiger partial charge in [0.25, 0.3) is 5.89 Å². The van der Waals surface area contributed by atoms with Gasteiger partial charge in [-0.2, -0.15) is 0 Å². The summed E-state index contributed by atoms with van der Waals surface area (Å²) in [5, 5.41) is 7.24. The van der Waals surface area contributed by atoms with Crippen LogP contribution in [0, 0.1) is 12.7 Å². The number of rotatable bonds is 5. The van der Waals surface area contributed by atoms with Crippen molar-refractivity contribution < 1.29 is 18.3 Å². The number of benzene rings is 2. The highest BCUT2D eigenvalue weighted by atomic mass is 19.1. The van der Waals surface area contributed by atoms with Crippen molar-refractivity contribution in [1.82, 2.24) is 10.2 Å². The van der Waals surface area contributed by atoms with Gasteiger partial charge in [0.2, 0.25) is 11.7 Å². The Morgan fingerprint density at radius 2 is 1.81 bits per heavy atom. The van der Waals surface area contributed by atoms with Gasteiger partial charge in [-0.1, -0.05) is 50.6 Å². The minimum Gasteiger partial charge on any atom is -0.489 e. The van der Waals surface area contributed by atoms with Gasteiger partial charge < -0.3 is 9.15 Å². The maximum Gasteiger partial charge on any atom is 0.289 e. The number of nitrogens with zero attached hydrogens (tertiary/aromatic N) is 2. The Kier molecular flexibility index (Phi) is 7.02. The minimum atomic E-state index is -0.574. The second-order valence-corrected chi connectivity index (χ2v) is 5.61. The van der Waals surface area contributed by atoms with E-state index in [2.05, 4.69) is 24.0 Å². The van der Waals surface area contributed by atoms with Crippen molar-refractivity contribution in [1.29, 1.82) is 0 Å². The van der Waals surface area contributed by atoms with Crippen molar-refractivity contribution in [2.75, 3.05) is 0 Å². The molecule has 0 aliphatic rings. The summed E-state index contributed by atoms with van der Waals surface area (Å²) in [6.07, 6.45) is 1.25. The van der Waals surface area contributed by atoms with Crippen LogP contribution in [0.2, 0.25) is 0 Å². The molecule has 1 heterocycles. The number of aromatic nitrogens is 2. The Balaban J connectivity index is 0.000000758. The van der Waals surface area contributed by atoms with E-state index in [0.29, 0.717) is 0 Å². The SMILES string of the molecule is CCC.Cc1nnc(C(=O)c2cc(F)cc(OCc3ccccc3)c2)o1. The quantitative estimate of drug-likeness (QED) is 0.618. The summed E-state index contributed by atoms with van der Waals surface area (Å²) in [6, 6.07) is 13.2. The smallest absolute Gasteiger partial charge is 0.289 e. The molecule has 0 aliphatic heterocycles. The Bertz CT molecular complexity index is 847. The van der Waals surface area contributed by atoms with Crippen LogP contribution in [0.25, 0.3) is 0 Å². The van der Waals surface area contributed by atoms with E-state index in [1.807, 2.05) is 30.3 Å². The van der Waals surface area contributed by atoms with E-state index < -0.39 is 11.6 Å². The molecule has 0 N–H and O–H groups in total. The molecule has 0 saturated heterocycles. The molecule has 1 aromatic heterocycles. The number of carbonyl (C=O) groups is 1. The number of aryl methyl sites for hydroxylation is 1. The number of hydrogen-bond donors (Lipinski definition) is 0. The zero-order valence-electron chi connectivity index (χ0n) is 15.0. The van der Waals surface area contributed by atoms with Crippen LogP contribution in [0.5, 0.6) is 5.75 Å². The molecular formula is C20H21FN2O3. The van der Waals surface area contributed by atoms with Gasteiger partial charge in [-0.15, -0.1) is 10.2 Å². The largest absolute Gasteiger partial charge is 0.489 e. The molecule has 0 atom stereocenters. The second kappa shape index (κ2) is 9.46. The monoisotopic (exact) mass is 356 g/mol. The first-order valence-corrected chi connectivity index (χ1v) is 8.35. The molecule has 0 unspecified atom stereocenters. The van der Waals surface area contributed by atoms with Crippen molar-refractivity contribution in [3.8, 4) is 5.75 Å². The first-order valence-electron chi connectivity index (χ1n) is 8.35. The van der Waals surface area contributed by atoms with Crippen molar-refractivity contribution in [3.05, 3.63) is 77.3 Å². The van der Waals surface area contributed by atoms with Crippen LogP contribution >= 0.6 is 0 Å². The van der Waals surface area contributed by atoms with Gasteiger partial charge in [0, 0.05) is 18.6 Å². The van der Waals surface area contributed by atoms with E-state index in [4.69, 9.17) is 9.15 Å². The summed E-state index contributed by atoms with van der Waals surface area (Å²) < 4.78 is 24.4.